The quantitative estimate of drug-likeness (QED) is 0.627. The van der Waals surface area contributed by atoms with Gasteiger partial charge in [-0.1, -0.05) is 0 Å². The molecule has 0 unspecified atom stereocenters. The van der Waals surface area contributed by atoms with Crippen LogP contribution in [0.4, 0.5) is 24.7 Å². The summed E-state index contributed by atoms with van der Waals surface area (Å²) in [6.45, 7) is 4.46. The smallest absolute Gasteiger partial charge is 0.351 e. The molecule has 1 aliphatic heterocycles. The van der Waals surface area contributed by atoms with Crippen LogP contribution >= 0.6 is 0 Å². The molecule has 3 aromatic rings. The Labute approximate surface area is 182 Å². The van der Waals surface area contributed by atoms with E-state index in [4.69, 9.17) is 0 Å². The molecule has 0 spiro atoms. The lowest BCUT2D eigenvalue weighted by molar-refractivity contribution is -0.137. The summed E-state index contributed by atoms with van der Waals surface area (Å²) in [5.74, 6) is 0.232. The standard InChI is InChI=1S/C21H22F3N7O/c1-14-12-30(8-9-31(14)18-3-2-16(11-26-18)21(22,23)24)13-15-10-27-29-19(15)20(32)28-17-4-6-25-7-5-17/h2-7,10-11,14H,8-9,12-13H2,1H3,(H,27,29)(H,25,28,32)/t14-/m1/s1. The number of H-pyrrole nitrogens is 1. The van der Waals surface area contributed by atoms with Gasteiger partial charge in [-0.25, -0.2) is 4.98 Å². The third-order valence-electron chi connectivity index (χ3n) is 5.36. The van der Waals surface area contributed by atoms with E-state index in [1.807, 2.05) is 11.8 Å². The van der Waals surface area contributed by atoms with Crippen LogP contribution in [0.2, 0.25) is 0 Å². The van der Waals surface area contributed by atoms with Crippen molar-refractivity contribution >= 4 is 17.4 Å². The van der Waals surface area contributed by atoms with Gasteiger partial charge in [0.1, 0.15) is 11.5 Å². The van der Waals surface area contributed by atoms with Gasteiger partial charge in [0.05, 0.1) is 11.8 Å². The predicted octanol–water partition coefficient (Wildman–Crippen LogP) is 3.18. The highest BCUT2D eigenvalue weighted by Gasteiger charge is 2.32. The van der Waals surface area contributed by atoms with Crippen molar-refractivity contribution in [3.05, 3.63) is 65.9 Å². The van der Waals surface area contributed by atoms with Crippen LogP contribution in [-0.4, -0.2) is 56.6 Å². The maximum absolute atomic E-state index is 12.8. The van der Waals surface area contributed by atoms with Crippen LogP contribution < -0.4 is 10.2 Å². The van der Waals surface area contributed by atoms with Crippen molar-refractivity contribution < 1.29 is 18.0 Å². The van der Waals surface area contributed by atoms with Crippen molar-refractivity contribution in [2.45, 2.75) is 25.7 Å². The van der Waals surface area contributed by atoms with Gasteiger partial charge < -0.3 is 10.2 Å². The zero-order valence-electron chi connectivity index (χ0n) is 17.3. The van der Waals surface area contributed by atoms with E-state index in [-0.39, 0.29) is 11.9 Å². The number of hydrogen-bond acceptors (Lipinski definition) is 6. The molecule has 0 aromatic carbocycles. The largest absolute Gasteiger partial charge is 0.417 e. The van der Waals surface area contributed by atoms with Gasteiger partial charge >= 0.3 is 6.18 Å². The van der Waals surface area contributed by atoms with Crippen LogP contribution in [0.1, 0.15) is 28.5 Å². The molecule has 0 radical (unpaired) electrons. The first-order valence-electron chi connectivity index (χ1n) is 10.1. The molecule has 32 heavy (non-hydrogen) atoms. The topological polar surface area (TPSA) is 90.0 Å². The lowest BCUT2D eigenvalue weighted by atomic mass is 10.1. The molecule has 4 rings (SSSR count). The van der Waals surface area contributed by atoms with Gasteiger partial charge in [-0.05, 0) is 31.2 Å². The number of nitrogens with one attached hydrogen (secondary N) is 2. The lowest BCUT2D eigenvalue weighted by Gasteiger charge is -2.40. The minimum absolute atomic E-state index is 0.0361. The summed E-state index contributed by atoms with van der Waals surface area (Å²) in [7, 11) is 0. The first kappa shape index (κ1) is 21.8. The number of rotatable bonds is 5. The second-order valence-corrected chi connectivity index (χ2v) is 7.64. The highest BCUT2D eigenvalue weighted by atomic mass is 19.4. The molecule has 0 saturated carbocycles. The number of anilines is 2. The van der Waals surface area contributed by atoms with Gasteiger partial charge in [0.15, 0.2) is 0 Å². The summed E-state index contributed by atoms with van der Waals surface area (Å²) in [5, 5.41) is 9.59. The van der Waals surface area contributed by atoms with E-state index in [2.05, 4.69) is 30.4 Å². The van der Waals surface area contributed by atoms with E-state index in [1.165, 1.54) is 6.07 Å². The van der Waals surface area contributed by atoms with Gasteiger partial charge in [-0.15, -0.1) is 0 Å². The average Bonchev–Trinajstić information content (AvgIpc) is 3.22. The summed E-state index contributed by atoms with van der Waals surface area (Å²) < 4.78 is 38.3. The third kappa shape index (κ3) is 4.88. The number of nitrogens with zero attached hydrogens (tertiary/aromatic N) is 5. The van der Waals surface area contributed by atoms with E-state index >= 15 is 0 Å². The van der Waals surface area contributed by atoms with Crippen LogP contribution in [0.3, 0.4) is 0 Å². The molecule has 8 nitrogen and oxygen atoms in total. The number of aromatic nitrogens is 4. The zero-order valence-corrected chi connectivity index (χ0v) is 17.3. The number of aromatic amines is 1. The molecule has 1 atom stereocenters. The Hall–Kier alpha value is -3.47. The minimum Gasteiger partial charge on any atom is -0.351 e. The predicted molar refractivity (Wildman–Crippen MR) is 112 cm³/mol. The van der Waals surface area contributed by atoms with Gasteiger partial charge in [-0.2, -0.15) is 18.3 Å². The number of hydrogen-bond donors (Lipinski definition) is 2. The number of carbonyl (C=O) groups is 1. The lowest BCUT2D eigenvalue weighted by Crippen LogP contribution is -2.52. The fraction of sp³-hybridized carbons (Fsp3) is 0.333. The SMILES string of the molecule is C[C@@H]1CN(Cc2cn[nH]c2C(=O)Nc2ccncc2)CCN1c1ccc(C(F)(F)F)cn1. The summed E-state index contributed by atoms with van der Waals surface area (Å²) >= 11 is 0. The second kappa shape index (κ2) is 8.95. The van der Waals surface area contributed by atoms with Gasteiger partial charge in [0.25, 0.3) is 5.91 Å². The minimum atomic E-state index is -4.40. The molecule has 2 N–H and O–H groups in total. The summed E-state index contributed by atoms with van der Waals surface area (Å²) in [6, 6.07) is 5.90. The maximum Gasteiger partial charge on any atom is 0.417 e. The Morgan fingerprint density at radius 2 is 1.97 bits per heavy atom. The van der Waals surface area contributed by atoms with Gasteiger partial charge in [0, 0.05) is 62.1 Å². The van der Waals surface area contributed by atoms with Crippen molar-refractivity contribution in [3.63, 3.8) is 0 Å². The summed E-state index contributed by atoms with van der Waals surface area (Å²) in [5.41, 5.74) is 1.04. The number of halogens is 3. The number of piperazine rings is 1. The summed E-state index contributed by atoms with van der Waals surface area (Å²) in [4.78, 5) is 24.7. The second-order valence-electron chi connectivity index (χ2n) is 7.64. The van der Waals surface area contributed by atoms with Crippen LogP contribution in [0.25, 0.3) is 0 Å². The highest BCUT2D eigenvalue weighted by Crippen LogP contribution is 2.30. The van der Waals surface area contributed by atoms with Crippen LogP contribution in [-0.2, 0) is 12.7 Å². The Bertz CT molecular complexity index is 1050. The van der Waals surface area contributed by atoms with E-state index in [9.17, 15) is 18.0 Å². The molecule has 168 valence electrons. The molecule has 1 aliphatic rings. The summed E-state index contributed by atoms with van der Waals surface area (Å²) in [6.07, 6.45) is 1.29. The van der Waals surface area contributed by atoms with E-state index < -0.39 is 11.7 Å². The van der Waals surface area contributed by atoms with Crippen molar-refractivity contribution in [1.82, 2.24) is 25.1 Å². The fourth-order valence-corrected chi connectivity index (χ4v) is 3.74. The molecule has 0 aliphatic carbocycles. The van der Waals surface area contributed by atoms with Crippen LogP contribution in [0.15, 0.2) is 49.1 Å². The Kier molecular flexibility index (Phi) is 6.08. The Morgan fingerprint density at radius 3 is 2.62 bits per heavy atom. The molecular weight excluding hydrogens is 423 g/mol. The molecule has 4 heterocycles. The highest BCUT2D eigenvalue weighted by molar-refractivity contribution is 6.03. The van der Waals surface area contributed by atoms with Gasteiger partial charge in [0.2, 0.25) is 0 Å². The zero-order chi connectivity index (χ0) is 22.7. The molecule has 3 aromatic heterocycles. The molecule has 11 heteroatoms. The monoisotopic (exact) mass is 445 g/mol. The average molecular weight is 445 g/mol. The molecule has 1 saturated heterocycles. The number of amides is 1. The maximum atomic E-state index is 12.8. The number of carbonyl (C=O) groups excluding carboxylic acids is 1. The normalized spacial score (nSPS) is 17.4. The van der Waals surface area contributed by atoms with E-state index in [1.54, 1.807) is 30.7 Å². The number of alkyl halides is 3. The van der Waals surface area contributed by atoms with Gasteiger partial charge in [-0.3, -0.25) is 19.8 Å². The van der Waals surface area contributed by atoms with Crippen molar-refractivity contribution in [2.75, 3.05) is 29.9 Å². The van der Waals surface area contributed by atoms with Crippen LogP contribution in [0, 0.1) is 0 Å². The third-order valence-corrected chi connectivity index (χ3v) is 5.36. The molecular formula is C21H22F3N7O. The van der Waals surface area contributed by atoms with Crippen molar-refractivity contribution in [2.24, 2.45) is 0 Å². The molecule has 0 bridgehead atoms. The Balaban J connectivity index is 1.38. The Morgan fingerprint density at radius 1 is 1.19 bits per heavy atom. The van der Waals surface area contributed by atoms with Crippen LogP contribution in [0.5, 0.6) is 0 Å². The molecule has 1 amide bonds. The number of pyridine rings is 2. The van der Waals surface area contributed by atoms with Crippen molar-refractivity contribution in [3.8, 4) is 0 Å². The molecule has 1 fully saturated rings. The first-order chi connectivity index (χ1) is 15.3. The van der Waals surface area contributed by atoms with Crippen molar-refractivity contribution in [1.29, 1.82) is 0 Å². The fourth-order valence-electron chi connectivity index (χ4n) is 3.74. The van der Waals surface area contributed by atoms with E-state index in [0.717, 1.165) is 17.8 Å². The first-order valence-corrected chi connectivity index (χ1v) is 10.1. The van der Waals surface area contributed by atoms with E-state index in [0.29, 0.717) is 43.4 Å².